The number of ether oxygens (including phenoxy) is 1. The summed E-state index contributed by atoms with van der Waals surface area (Å²) in [6.07, 6.45) is 0.496. The van der Waals surface area contributed by atoms with Crippen molar-refractivity contribution >= 4 is 35.0 Å². The maximum atomic E-state index is 13.9. The van der Waals surface area contributed by atoms with Gasteiger partial charge in [0.15, 0.2) is 0 Å². The fourth-order valence-electron chi connectivity index (χ4n) is 5.59. The minimum absolute atomic E-state index is 0.107. The smallest absolute Gasteiger partial charge is 0.323 e. The number of hydrogen-bond acceptors (Lipinski definition) is 3. The summed E-state index contributed by atoms with van der Waals surface area (Å²) in [5.74, 6) is -0.137. The fraction of sp³-hybridized carbons (Fsp3) is 0.286. The van der Waals surface area contributed by atoms with Gasteiger partial charge in [-0.25, -0.2) is 0 Å². The second-order valence-corrected chi connectivity index (χ2v) is 10.2. The van der Waals surface area contributed by atoms with Gasteiger partial charge in [-0.15, -0.1) is 0 Å². The highest BCUT2D eigenvalue weighted by atomic mass is 35.5. The van der Waals surface area contributed by atoms with Gasteiger partial charge in [0, 0.05) is 40.3 Å². The summed E-state index contributed by atoms with van der Waals surface area (Å²) in [7, 11) is 0. The molecule has 1 fully saturated rings. The van der Waals surface area contributed by atoms with Crippen LogP contribution in [0.1, 0.15) is 66.7 Å². The van der Waals surface area contributed by atoms with Crippen molar-refractivity contribution in [1.29, 1.82) is 0 Å². The number of benzene rings is 3. The first kappa shape index (κ1) is 22.2. The Hall–Kier alpha value is -2.62. The molecule has 3 nitrogen and oxygen atoms in total. The van der Waals surface area contributed by atoms with Gasteiger partial charge >= 0.3 is 5.97 Å². The van der Waals surface area contributed by atoms with E-state index in [9.17, 15) is 9.59 Å². The van der Waals surface area contributed by atoms with Gasteiger partial charge in [0.2, 0.25) is 0 Å². The highest BCUT2D eigenvalue weighted by Gasteiger charge is 2.62. The standard InChI is InChI=1S/C28H24Cl2O3/c1-16(2)17-9-10-23-26(13-17)33-27(32)28(23)24(18-5-3-7-20(29)11-18)14-22(31)15-25(28)19-6-4-8-21(30)12-19/h3-13,16,24-25H,14-15H2,1-2H3/t24-,25-/m1/s1. The average molecular weight is 479 g/mol. The molecule has 0 unspecified atom stereocenters. The molecule has 0 saturated heterocycles. The van der Waals surface area contributed by atoms with Gasteiger partial charge in [-0.2, -0.15) is 0 Å². The van der Waals surface area contributed by atoms with Gasteiger partial charge in [0.05, 0.1) is 0 Å². The Labute approximate surface area is 203 Å². The molecule has 0 radical (unpaired) electrons. The molecule has 3 aromatic carbocycles. The summed E-state index contributed by atoms with van der Waals surface area (Å²) >= 11 is 12.7. The Morgan fingerprint density at radius 3 is 1.94 bits per heavy atom. The van der Waals surface area contributed by atoms with E-state index in [-0.39, 0.29) is 24.6 Å². The quantitative estimate of drug-likeness (QED) is 0.295. The first-order chi connectivity index (χ1) is 15.8. The monoisotopic (exact) mass is 478 g/mol. The molecular weight excluding hydrogens is 455 g/mol. The van der Waals surface area contributed by atoms with Crippen molar-refractivity contribution in [2.45, 2.75) is 49.9 Å². The summed E-state index contributed by atoms with van der Waals surface area (Å²) in [5.41, 5.74) is 2.61. The molecule has 1 heterocycles. The van der Waals surface area contributed by atoms with Crippen molar-refractivity contribution in [2.24, 2.45) is 0 Å². The zero-order valence-electron chi connectivity index (χ0n) is 18.5. The number of fused-ring (bicyclic) bond motifs is 2. The van der Waals surface area contributed by atoms with Crippen LogP contribution < -0.4 is 4.74 Å². The highest BCUT2D eigenvalue weighted by Crippen LogP contribution is 2.61. The zero-order valence-corrected chi connectivity index (χ0v) is 20.0. The van der Waals surface area contributed by atoms with E-state index < -0.39 is 17.3 Å². The molecule has 33 heavy (non-hydrogen) atoms. The second kappa shape index (κ2) is 8.30. The van der Waals surface area contributed by atoms with Gasteiger partial charge in [-0.1, -0.05) is 73.4 Å². The van der Waals surface area contributed by atoms with Crippen LogP contribution in [0.2, 0.25) is 10.0 Å². The van der Waals surface area contributed by atoms with E-state index in [1.54, 1.807) is 12.1 Å². The van der Waals surface area contributed by atoms with E-state index in [4.69, 9.17) is 27.9 Å². The Balaban J connectivity index is 1.80. The minimum atomic E-state index is -1.05. The van der Waals surface area contributed by atoms with Crippen molar-refractivity contribution in [3.8, 4) is 5.75 Å². The molecule has 1 spiro atoms. The minimum Gasteiger partial charge on any atom is -0.425 e. The topological polar surface area (TPSA) is 43.4 Å². The highest BCUT2D eigenvalue weighted by molar-refractivity contribution is 6.31. The molecule has 5 heteroatoms. The predicted molar refractivity (Wildman–Crippen MR) is 130 cm³/mol. The number of esters is 1. The Kier molecular flexibility index (Phi) is 5.58. The van der Waals surface area contributed by atoms with Crippen LogP contribution >= 0.6 is 23.2 Å². The summed E-state index contributed by atoms with van der Waals surface area (Å²) in [4.78, 5) is 27.0. The van der Waals surface area contributed by atoms with E-state index in [2.05, 4.69) is 19.9 Å². The fourth-order valence-corrected chi connectivity index (χ4v) is 5.99. The number of rotatable bonds is 3. The van der Waals surface area contributed by atoms with Crippen molar-refractivity contribution in [1.82, 2.24) is 0 Å². The molecular formula is C28H24Cl2O3. The zero-order chi connectivity index (χ0) is 23.3. The third kappa shape index (κ3) is 3.59. The third-order valence-electron chi connectivity index (χ3n) is 7.12. The Bertz CT molecular complexity index is 1210. The lowest BCUT2D eigenvalue weighted by atomic mass is 9.54. The molecule has 0 amide bonds. The van der Waals surface area contributed by atoms with Crippen molar-refractivity contribution in [3.63, 3.8) is 0 Å². The lowest BCUT2D eigenvalue weighted by Gasteiger charge is -2.45. The van der Waals surface area contributed by atoms with Crippen LogP contribution in [0.3, 0.4) is 0 Å². The molecule has 168 valence electrons. The van der Waals surface area contributed by atoms with Gasteiger partial charge in [0.1, 0.15) is 16.9 Å². The van der Waals surface area contributed by atoms with E-state index in [0.29, 0.717) is 21.7 Å². The first-order valence-electron chi connectivity index (χ1n) is 11.2. The maximum absolute atomic E-state index is 13.9. The first-order valence-corrected chi connectivity index (χ1v) is 12.0. The maximum Gasteiger partial charge on any atom is 0.323 e. The number of carbonyl (C=O) groups is 2. The van der Waals surface area contributed by atoms with Gasteiger partial charge < -0.3 is 4.74 Å². The van der Waals surface area contributed by atoms with Crippen LogP contribution in [0, 0.1) is 0 Å². The summed E-state index contributed by atoms with van der Waals surface area (Å²) in [6.45, 7) is 4.22. The normalized spacial score (nSPS) is 21.4. The molecule has 2 aliphatic rings. The Morgan fingerprint density at radius 2 is 1.42 bits per heavy atom. The lowest BCUT2D eigenvalue weighted by Crippen LogP contribution is -2.49. The summed E-state index contributed by atoms with van der Waals surface area (Å²) in [6, 6.07) is 21.0. The lowest BCUT2D eigenvalue weighted by molar-refractivity contribution is -0.142. The number of Topliss-reactive ketones (excluding diaryl/α,β-unsaturated/α-hetero) is 1. The van der Waals surface area contributed by atoms with E-state index in [0.717, 1.165) is 22.3 Å². The van der Waals surface area contributed by atoms with E-state index in [1.165, 1.54) is 0 Å². The average Bonchev–Trinajstić information content (AvgIpc) is 3.06. The summed E-state index contributed by atoms with van der Waals surface area (Å²) < 4.78 is 5.97. The molecule has 1 aliphatic carbocycles. The number of carbonyl (C=O) groups excluding carboxylic acids is 2. The molecule has 5 rings (SSSR count). The summed E-state index contributed by atoms with van der Waals surface area (Å²) in [5, 5.41) is 1.14. The van der Waals surface area contributed by atoms with Crippen LogP contribution in [0.15, 0.2) is 66.7 Å². The van der Waals surface area contributed by atoms with E-state index >= 15 is 0 Å². The van der Waals surface area contributed by atoms with Crippen LogP contribution in [0.5, 0.6) is 5.75 Å². The molecule has 1 saturated carbocycles. The second-order valence-electron chi connectivity index (χ2n) is 9.33. The number of ketones is 1. The van der Waals surface area contributed by atoms with E-state index in [1.807, 2.05) is 48.5 Å². The largest absolute Gasteiger partial charge is 0.425 e. The van der Waals surface area contributed by atoms with Crippen LogP contribution in [-0.4, -0.2) is 11.8 Å². The van der Waals surface area contributed by atoms with Crippen LogP contribution in [0.25, 0.3) is 0 Å². The van der Waals surface area contributed by atoms with Crippen LogP contribution in [0.4, 0.5) is 0 Å². The Morgan fingerprint density at radius 1 is 0.848 bits per heavy atom. The van der Waals surface area contributed by atoms with Gasteiger partial charge in [0.25, 0.3) is 0 Å². The number of hydrogen-bond donors (Lipinski definition) is 0. The van der Waals surface area contributed by atoms with Gasteiger partial charge in [-0.05, 0) is 52.9 Å². The molecule has 0 aromatic heterocycles. The molecule has 0 bridgehead atoms. The van der Waals surface area contributed by atoms with Crippen molar-refractivity contribution < 1.29 is 14.3 Å². The predicted octanol–water partition coefficient (Wildman–Crippen LogP) is 7.20. The molecule has 1 aliphatic heterocycles. The van der Waals surface area contributed by atoms with Crippen molar-refractivity contribution in [2.75, 3.05) is 0 Å². The number of halogens is 2. The molecule has 0 N–H and O–H groups in total. The SMILES string of the molecule is CC(C)c1ccc2c(c1)OC(=O)C21[C@@H](c2cccc(Cl)c2)CC(=O)C[C@@H]1c1cccc(Cl)c1. The van der Waals surface area contributed by atoms with Crippen LogP contribution in [-0.2, 0) is 15.0 Å². The van der Waals surface area contributed by atoms with Crippen molar-refractivity contribution in [3.05, 3.63) is 99.0 Å². The third-order valence-corrected chi connectivity index (χ3v) is 7.59. The van der Waals surface area contributed by atoms with Gasteiger partial charge in [-0.3, -0.25) is 9.59 Å². The molecule has 3 aromatic rings. The molecule has 2 atom stereocenters.